The van der Waals surface area contributed by atoms with Crippen LogP contribution in [0, 0.1) is 6.92 Å². The molecule has 0 radical (unpaired) electrons. The van der Waals surface area contributed by atoms with Gasteiger partial charge in [0.1, 0.15) is 0 Å². The lowest BCUT2D eigenvalue weighted by atomic mass is 10.1. The maximum atomic E-state index is 13.1. The van der Waals surface area contributed by atoms with Crippen LogP contribution in [0.3, 0.4) is 0 Å². The number of aromatic nitrogens is 3. The molecule has 0 fully saturated rings. The topological polar surface area (TPSA) is 79.0 Å². The van der Waals surface area contributed by atoms with E-state index in [0.29, 0.717) is 22.0 Å². The molecule has 0 spiro atoms. The summed E-state index contributed by atoms with van der Waals surface area (Å²) in [6, 6.07) is 2.86. The van der Waals surface area contributed by atoms with E-state index in [1.54, 1.807) is 6.92 Å². The highest BCUT2D eigenvalue weighted by Crippen LogP contribution is 2.39. The number of carbonyl (C=O) groups excluding carboxylic acids is 2. The van der Waals surface area contributed by atoms with Gasteiger partial charge in [-0.1, -0.05) is 11.6 Å². The standard InChI is InChI=1S/C16H8ClF3N4O2/c1-6-11-12-8(5-21-13(11)23-22-6)14(25)24(15(12)26)7-2-3-10(17)9(4-7)16(18,19)20/h2-5H,1H3,(H,21,22,23). The molecule has 2 amide bonds. The van der Waals surface area contributed by atoms with Crippen molar-refractivity contribution >= 4 is 40.1 Å². The Balaban J connectivity index is 1.90. The molecular formula is C16H8ClF3N4O2. The van der Waals surface area contributed by atoms with Gasteiger partial charge in [0, 0.05) is 11.9 Å². The van der Waals surface area contributed by atoms with Crippen molar-refractivity contribution in [3.05, 3.63) is 51.8 Å². The van der Waals surface area contributed by atoms with E-state index in [1.165, 1.54) is 12.3 Å². The number of rotatable bonds is 1. The molecule has 0 saturated carbocycles. The Kier molecular flexibility index (Phi) is 3.35. The van der Waals surface area contributed by atoms with Crippen molar-refractivity contribution in [1.82, 2.24) is 15.2 Å². The minimum absolute atomic E-state index is 0.00973. The van der Waals surface area contributed by atoms with Gasteiger partial charge in [0.2, 0.25) is 0 Å². The lowest BCUT2D eigenvalue weighted by molar-refractivity contribution is -0.137. The van der Waals surface area contributed by atoms with Gasteiger partial charge < -0.3 is 0 Å². The van der Waals surface area contributed by atoms with Gasteiger partial charge >= 0.3 is 6.18 Å². The number of pyridine rings is 1. The van der Waals surface area contributed by atoms with Crippen LogP contribution in [-0.2, 0) is 6.18 Å². The molecule has 0 atom stereocenters. The molecule has 26 heavy (non-hydrogen) atoms. The Morgan fingerprint density at radius 2 is 1.92 bits per heavy atom. The van der Waals surface area contributed by atoms with Crippen LogP contribution in [0.2, 0.25) is 5.02 Å². The molecule has 0 bridgehead atoms. The zero-order valence-electron chi connectivity index (χ0n) is 13.0. The fraction of sp³-hybridized carbons (Fsp3) is 0.125. The minimum atomic E-state index is -4.72. The number of imide groups is 1. The van der Waals surface area contributed by atoms with Crippen molar-refractivity contribution in [2.75, 3.05) is 4.90 Å². The highest BCUT2D eigenvalue weighted by molar-refractivity contribution is 6.37. The summed E-state index contributed by atoms with van der Waals surface area (Å²) < 4.78 is 39.3. The first kappa shape index (κ1) is 16.5. The third-order valence-electron chi connectivity index (χ3n) is 4.13. The Hall–Kier alpha value is -2.94. The van der Waals surface area contributed by atoms with Gasteiger partial charge in [-0.15, -0.1) is 0 Å². The lowest BCUT2D eigenvalue weighted by Crippen LogP contribution is -2.29. The third kappa shape index (κ3) is 2.20. The van der Waals surface area contributed by atoms with E-state index >= 15 is 0 Å². The molecule has 1 aromatic carbocycles. The molecule has 6 nitrogen and oxygen atoms in total. The first-order valence-electron chi connectivity index (χ1n) is 7.29. The van der Waals surface area contributed by atoms with E-state index in [-0.39, 0.29) is 22.5 Å². The average Bonchev–Trinajstić information content (AvgIpc) is 3.06. The summed E-state index contributed by atoms with van der Waals surface area (Å²) in [6.07, 6.45) is -3.53. The third-order valence-corrected chi connectivity index (χ3v) is 4.46. The summed E-state index contributed by atoms with van der Waals surface area (Å²) in [6.45, 7) is 1.65. The summed E-state index contributed by atoms with van der Waals surface area (Å²) in [5.41, 5.74) is -0.501. The number of carbonyl (C=O) groups is 2. The Morgan fingerprint density at radius 3 is 2.62 bits per heavy atom. The summed E-state index contributed by atoms with van der Waals surface area (Å²) in [7, 11) is 0. The van der Waals surface area contributed by atoms with Crippen molar-refractivity contribution < 1.29 is 22.8 Å². The fourth-order valence-electron chi connectivity index (χ4n) is 2.95. The van der Waals surface area contributed by atoms with Gasteiger partial charge in [0.25, 0.3) is 11.8 Å². The van der Waals surface area contributed by atoms with Gasteiger partial charge in [0.15, 0.2) is 5.65 Å². The molecule has 1 aliphatic heterocycles. The van der Waals surface area contributed by atoms with Gasteiger partial charge in [0.05, 0.1) is 32.8 Å². The van der Waals surface area contributed by atoms with Crippen LogP contribution in [0.5, 0.6) is 0 Å². The second-order valence-corrected chi connectivity index (χ2v) is 6.11. The second kappa shape index (κ2) is 5.28. The van der Waals surface area contributed by atoms with Crippen LogP contribution in [0.1, 0.15) is 32.0 Å². The zero-order valence-corrected chi connectivity index (χ0v) is 13.7. The van der Waals surface area contributed by atoms with Crippen LogP contribution in [0.15, 0.2) is 24.4 Å². The monoisotopic (exact) mass is 380 g/mol. The Labute approximate surface area is 148 Å². The first-order valence-corrected chi connectivity index (χ1v) is 7.67. The van der Waals surface area contributed by atoms with E-state index in [1.807, 2.05) is 0 Å². The van der Waals surface area contributed by atoms with E-state index in [4.69, 9.17) is 11.6 Å². The largest absolute Gasteiger partial charge is 0.417 e. The molecule has 1 N–H and O–H groups in total. The molecular weight excluding hydrogens is 373 g/mol. The normalized spacial score (nSPS) is 14.4. The number of halogens is 4. The molecule has 10 heteroatoms. The molecule has 132 valence electrons. The summed E-state index contributed by atoms with van der Waals surface area (Å²) in [5, 5.41) is 6.45. The molecule has 0 aliphatic carbocycles. The number of benzene rings is 1. The van der Waals surface area contributed by atoms with Crippen molar-refractivity contribution in [3.8, 4) is 0 Å². The fourth-order valence-corrected chi connectivity index (χ4v) is 3.17. The molecule has 0 saturated heterocycles. The minimum Gasteiger partial charge on any atom is -0.280 e. The van der Waals surface area contributed by atoms with Crippen LogP contribution in [-0.4, -0.2) is 27.0 Å². The lowest BCUT2D eigenvalue weighted by Gasteiger charge is -2.17. The SMILES string of the molecule is Cc1[nH]nc2ncc3c(c12)C(=O)N(c1ccc(Cl)c(C(F)(F)F)c1)C3=O. The van der Waals surface area contributed by atoms with Gasteiger partial charge in [-0.2, -0.15) is 18.3 Å². The van der Waals surface area contributed by atoms with Crippen molar-refractivity contribution in [1.29, 1.82) is 0 Å². The molecule has 2 aromatic heterocycles. The summed E-state index contributed by atoms with van der Waals surface area (Å²) in [4.78, 5) is 30.2. The van der Waals surface area contributed by atoms with Crippen LogP contribution in [0.4, 0.5) is 18.9 Å². The first-order chi connectivity index (χ1) is 12.2. The Morgan fingerprint density at radius 1 is 1.19 bits per heavy atom. The van der Waals surface area contributed by atoms with E-state index < -0.39 is 28.6 Å². The predicted molar refractivity (Wildman–Crippen MR) is 86.2 cm³/mol. The summed E-state index contributed by atoms with van der Waals surface area (Å²) >= 11 is 5.60. The van der Waals surface area contributed by atoms with Crippen molar-refractivity contribution in [2.24, 2.45) is 0 Å². The molecule has 3 aromatic rings. The number of nitrogens with zero attached hydrogens (tertiary/aromatic N) is 3. The number of anilines is 1. The van der Waals surface area contributed by atoms with Gasteiger partial charge in [-0.3, -0.25) is 14.7 Å². The van der Waals surface area contributed by atoms with Gasteiger partial charge in [-0.05, 0) is 25.1 Å². The smallest absolute Gasteiger partial charge is 0.280 e. The van der Waals surface area contributed by atoms with Crippen LogP contribution < -0.4 is 4.90 Å². The molecule has 1 aliphatic rings. The highest BCUT2D eigenvalue weighted by atomic mass is 35.5. The second-order valence-electron chi connectivity index (χ2n) is 5.70. The maximum Gasteiger partial charge on any atom is 0.417 e. The number of H-pyrrole nitrogens is 1. The average molecular weight is 381 g/mol. The summed E-state index contributed by atoms with van der Waals surface area (Å²) in [5.74, 6) is -1.49. The number of alkyl halides is 3. The number of amides is 2. The van der Waals surface area contributed by atoms with Crippen LogP contribution >= 0.6 is 11.6 Å². The Bertz CT molecular complexity index is 1110. The van der Waals surface area contributed by atoms with Crippen LogP contribution in [0.25, 0.3) is 11.0 Å². The maximum absolute atomic E-state index is 13.1. The molecule has 0 unspecified atom stereocenters. The van der Waals surface area contributed by atoms with E-state index in [9.17, 15) is 22.8 Å². The highest BCUT2D eigenvalue weighted by Gasteiger charge is 2.41. The number of fused-ring (bicyclic) bond motifs is 3. The van der Waals surface area contributed by atoms with Crippen molar-refractivity contribution in [2.45, 2.75) is 13.1 Å². The number of aryl methyl sites for hydroxylation is 1. The zero-order chi connectivity index (χ0) is 18.8. The number of nitrogens with one attached hydrogen (secondary N) is 1. The quantitative estimate of drug-likeness (QED) is 0.652. The van der Waals surface area contributed by atoms with Crippen molar-refractivity contribution in [3.63, 3.8) is 0 Å². The number of hydrogen-bond donors (Lipinski definition) is 1. The van der Waals surface area contributed by atoms with Gasteiger partial charge in [-0.25, -0.2) is 9.88 Å². The van der Waals surface area contributed by atoms with E-state index in [2.05, 4.69) is 15.2 Å². The van der Waals surface area contributed by atoms with E-state index in [0.717, 1.165) is 6.07 Å². The predicted octanol–water partition coefficient (Wildman–Crippen LogP) is 3.74. The number of hydrogen-bond acceptors (Lipinski definition) is 4. The number of aromatic amines is 1. The molecule has 3 heterocycles. The molecule has 4 rings (SSSR count).